The van der Waals surface area contributed by atoms with E-state index in [-0.39, 0.29) is 5.82 Å². The van der Waals surface area contributed by atoms with Crippen LogP contribution in [0.4, 0.5) is 4.39 Å². The van der Waals surface area contributed by atoms with Gasteiger partial charge in [-0.15, -0.1) is 0 Å². The molecule has 1 saturated carbocycles. The lowest BCUT2D eigenvalue weighted by Crippen LogP contribution is -2.38. The second kappa shape index (κ2) is 4.96. The second-order valence-corrected chi connectivity index (χ2v) is 3.97. The van der Waals surface area contributed by atoms with E-state index in [4.69, 9.17) is 0 Å². The van der Waals surface area contributed by atoms with Gasteiger partial charge in [0.25, 0.3) is 0 Å². The number of hydrogen-bond acceptors (Lipinski definition) is 1. The highest BCUT2D eigenvalue weighted by atomic mass is 19.1. The third-order valence-electron chi connectivity index (χ3n) is 2.52. The van der Waals surface area contributed by atoms with Crippen LogP contribution in [0.1, 0.15) is 18.4 Å². The Morgan fingerprint density at radius 2 is 2.06 bits per heavy atom. The molecule has 2 N–H and O–H groups in total. The Balaban J connectivity index is 1.82. The van der Waals surface area contributed by atoms with Gasteiger partial charge in [0.05, 0.1) is 0 Å². The van der Waals surface area contributed by atoms with Gasteiger partial charge in [0.15, 0.2) is 5.96 Å². The molecule has 0 spiro atoms. The number of hydrogen-bond donors (Lipinski definition) is 2. The van der Waals surface area contributed by atoms with Crippen molar-refractivity contribution in [3.8, 4) is 0 Å². The maximum absolute atomic E-state index is 12.7. The Morgan fingerprint density at radius 3 is 2.62 bits per heavy atom. The number of benzene rings is 1. The smallest absolute Gasteiger partial charge is 0.191 e. The molecular weight excluding hydrogens is 205 g/mol. The van der Waals surface area contributed by atoms with Crippen LogP contribution in [0.15, 0.2) is 29.3 Å². The molecule has 0 atom stereocenters. The lowest BCUT2D eigenvalue weighted by Gasteiger charge is -2.10. The number of halogens is 1. The van der Waals surface area contributed by atoms with Crippen molar-refractivity contribution in [3.05, 3.63) is 35.6 Å². The number of nitrogens with zero attached hydrogens (tertiary/aromatic N) is 1. The van der Waals surface area contributed by atoms with Crippen molar-refractivity contribution in [3.63, 3.8) is 0 Å². The zero-order chi connectivity index (χ0) is 11.4. The summed E-state index contributed by atoms with van der Waals surface area (Å²) in [5, 5.41) is 6.48. The zero-order valence-electron chi connectivity index (χ0n) is 9.33. The highest BCUT2D eigenvalue weighted by molar-refractivity contribution is 5.80. The molecule has 0 bridgehead atoms. The van der Waals surface area contributed by atoms with E-state index >= 15 is 0 Å². The first kappa shape index (κ1) is 10.9. The summed E-state index contributed by atoms with van der Waals surface area (Å²) in [7, 11) is 1.75. The summed E-state index contributed by atoms with van der Waals surface area (Å²) in [5.41, 5.74) is 1.04. The monoisotopic (exact) mass is 221 g/mol. The average molecular weight is 221 g/mol. The minimum atomic E-state index is -0.204. The first-order valence-corrected chi connectivity index (χ1v) is 5.49. The van der Waals surface area contributed by atoms with Gasteiger partial charge >= 0.3 is 0 Å². The molecule has 1 aliphatic rings. The van der Waals surface area contributed by atoms with Crippen LogP contribution in [0.25, 0.3) is 0 Å². The molecule has 0 amide bonds. The van der Waals surface area contributed by atoms with Gasteiger partial charge in [-0.3, -0.25) is 4.99 Å². The van der Waals surface area contributed by atoms with E-state index in [0.29, 0.717) is 12.6 Å². The van der Waals surface area contributed by atoms with Gasteiger partial charge in [0.1, 0.15) is 5.82 Å². The average Bonchev–Trinajstić information content (AvgIpc) is 3.10. The third-order valence-corrected chi connectivity index (χ3v) is 2.52. The molecule has 0 heterocycles. The van der Waals surface area contributed by atoms with E-state index in [9.17, 15) is 4.39 Å². The van der Waals surface area contributed by atoms with Crippen molar-refractivity contribution in [1.82, 2.24) is 10.6 Å². The molecule has 86 valence electrons. The van der Waals surface area contributed by atoms with Crippen LogP contribution >= 0.6 is 0 Å². The van der Waals surface area contributed by atoms with E-state index in [0.717, 1.165) is 11.5 Å². The summed E-state index contributed by atoms with van der Waals surface area (Å²) in [5.74, 6) is 0.607. The van der Waals surface area contributed by atoms with Gasteiger partial charge in [-0.25, -0.2) is 4.39 Å². The summed E-state index contributed by atoms with van der Waals surface area (Å²) in [6.07, 6.45) is 2.44. The topological polar surface area (TPSA) is 36.4 Å². The van der Waals surface area contributed by atoms with Gasteiger partial charge in [-0.05, 0) is 30.5 Å². The minimum Gasteiger partial charge on any atom is -0.354 e. The van der Waals surface area contributed by atoms with Gasteiger partial charge < -0.3 is 10.6 Å². The summed E-state index contributed by atoms with van der Waals surface area (Å²) in [4.78, 5) is 4.12. The third kappa shape index (κ3) is 3.22. The lowest BCUT2D eigenvalue weighted by atomic mass is 10.2. The summed E-state index contributed by atoms with van der Waals surface area (Å²) in [6.45, 7) is 0.659. The predicted octanol–water partition coefficient (Wildman–Crippen LogP) is 1.65. The Labute approximate surface area is 94.8 Å². The first-order valence-electron chi connectivity index (χ1n) is 5.49. The molecule has 1 fully saturated rings. The molecule has 0 saturated heterocycles. The van der Waals surface area contributed by atoms with E-state index in [2.05, 4.69) is 15.6 Å². The molecule has 0 aliphatic heterocycles. The summed E-state index contributed by atoms with van der Waals surface area (Å²) < 4.78 is 12.7. The summed E-state index contributed by atoms with van der Waals surface area (Å²) >= 11 is 0. The number of guanidine groups is 1. The maximum Gasteiger partial charge on any atom is 0.191 e. The minimum absolute atomic E-state index is 0.204. The normalized spacial score (nSPS) is 16.0. The maximum atomic E-state index is 12.7. The standard InChI is InChI=1S/C12H16FN3/c1-14-12(16-11-6-7-11)15-8-9-2-4-10(13)5-3-9/h2-5,11H,6-8H2,1H3,(H2,14,15,16). The van der Waals surface area contributed by atoms with E-state index in [1.54, 1.807) is 19.2 Å². The molecular formula is C12H16FN3. The Kier molecular flexibility index (Phi) is 3.39. The molecule has 1 aromatic carbocycles. The van der Waals surface area contributed by atoms with Crippen molar-refractivity contribution in [2.75, 3.05) is 7.05 Å². The number of aliphatic imine (C=N–C) groups is 1. The molecule has 1 aliphatic carbocycles. The quantitative estimate of drug-likeness (QED) is 0.601. The molecule has 0 unspecified atom stereocenters. The van der Waals surface area contributed by atoms with Crippen LogP contribution in [0.2, 0.25) is 0 Å². The highest BCUT2D eigenvalue weighted by Gasteiger charge is 2.21. The second-order valence-electron chi connectivity index (χ2n) is 3.97. The molecule has 16 heavy (non-hydrogen) atoms. The van der Waals surface area contributed by atoms with Crippen molar-refractivity contribution in [2.45, 2.75) is 25.4 Å². The van der Waals surface area contributed by atoms with Crippen molar-refractivity contribution in [2.24, 2.45) is 4.99 Å². The number of nitrogens with one attached hydrogen (secondary N) is 2. The predicted molar refractivity (Wildman–Crippen MR) is 62.8 cm³/mol. The molecule has 2 rings (SSSR count). The van der Waals surface area contributed by atoms with Crippen molar-refractivity contribution < 1.29 is 4.39 Å². The Morgan fingerprint density at radius 1 is 1.38 bits per heavy atom. The fourth-order valence-corrected chi connectivity index (χ4v) is 1.40. The molecule has 0 radical (unpaired) electrons. The van der Waals surface area contributed by atoms with E-state index < -0.39 is 0 Å². The van der Waals surface area contributed by atoms with Gasteiger partial charge in [0.2, 0.25) is 0 Å². The van der Waals surface area contributed by atoms with Crippen LogP contribution in [0.3, 0.4) is 0 Å². The highest BCUT2D eigenvalue weighted by Crippen LogP contribution is 2.18. The first-order chi connectivity index (χ1) is 7.78. The largest absolute Gasteiger partial charge is 0.354 e. The molecule has 4 heteroatoms. The Bertz CT molecular complexity index is 368. The lowest BCUT2D eigenvalue weighted by molar-refractivity contribution is 0.626. The van der Waals surface area contributed by atoms with Crippen molar-refractivity contribution >= 4 is 5.96 Å². The zero-order valence-corrected chi connectivity index (χ0v) is 9.33. The fraction of sp³-hybridized carbons (Fsp3) is 0.417. The molecule has 0 aromatic heterocycles. The van der Waals surface area contributed by atoms with Crippen LogP contribution in [-0.2, 0) is 6.54 Å². The van der Waals surface area contributed by atoms with Gasteiger partial charge in [-0.2, -0.15) is 0 Å². The van der Waals surface area contributed by atoms with Crippen LogP contribution in [0.5, 0.6) is 0 Å². The van der Waals surface area contributed by atoms with Crippen LogP contribution in [-0.4, -0.2) is 19.0 Å². The SMILES string of the molecule is CN=C(NCc1ccc(F)cc1)NC1CC1. The number of rotatable bonds is 3. The summed E-state index contributed by atoms with van der Waals surface area (Å²) in [6, 6.07) is 7.06. The molecule has 3 nitrogen and oxygen atoms in total. The van der Waals surface area contributed by atoms with Gasteiger partial charge in [0, 0.05) is 19.6 Å². The molecule has 1 aromatic rings. The van der Waals surface area contributed by atoms with E-state index in [1.807, 2.05) is 0 Å². The van der Waals surface area contributed by atoms with Crippen molar-refractivity contribution in [1.29, 1.82) is 0 Å². The van der Waals surface area contributed by atoms with Crippen LogP contribution < -0.4 is 10.6 Å². The van der Waals surface area contributed by atoms with Crippen LogP contribution in [0, 0.1) is 5.82 Å². The fourth-order valence-electron chi connectivity index (χ4n) is 1.40. The van der Waals surface area contributed by atoms with Gasteiger partial charge in [-0.1, -0.05) is 12.1 Å². The van der Waals surface area contributed by atoms with E-state index in [1.165, 1.54) is 25.0 Å². The Hall–Kier alpha value is -1.58.